The van der Waals surface area contributed by atoms with Gasteiger partial charge in [0, 0.05) is 11.1 Å². The van der Waals surface area contributed by atoms with Crippen LogP contribution in [0.5, 0.6) is 0 Å². The Hall–Kier alpha value is -2.40. The second kappa shape index (κ2) is 6.85. The molecule has 2 aromatic rings. The van der Waals surface area contributed by atoms with Gasteiger partial charge in [-0.15, -0.1) is 11.3 Å². The summed E-state index contributed by atoms with van der Waals surface area (Å²) in [5.41, 5.74) is 1.50. The number of benzene rings is 1. The molecule has 0 radical (unpaired) electrons. The lowest BCUT2D eigenvalue weighted by Crippen LogP contribution is -2.04. The Morgan fingerprint density at radius 3 is 2.43 bits per heavy atom. The number of ether oxygens (including phenoxy) is 2. The van der Waals surface area contributed by atoms with Crippen molar-refractivity contribution in [3.05, 3.63) is 64.0 Å². The van der Waals surface area contributed by atoms with Gasteiger partial charge in [0.25, 0.3) is 0 Å². The fourth-order valence-electron chi connectivity index (χ4n) is 1.79. The molecule has 0 unspecified atom stereocenters. The Morgan fingerprint density at radius 1 is 1.10 bits per heavy atom. The molecule has 0 spiro atoms. The lowest BCUT2D eigenvalue weighted by Gasteiger charge is -2.02. The SMILES string of the molecule is CO/C=C(/C(=O)OC)c1csc(C(=O)c2ccccc2)c1. The molecule has 0 saturated heterocycles. The molecule has 0 aliphatic rings. The van der Waals surface area contributed by atoms with Crippen molar-refractivity contribution in [1.82, 2.24) is 0 Å². The molecule has 5 heteroatoms. The monoisotopic (exact) mass is 302 g/mol. The van der Waals surface area contributed by atoms with Crippen LogP contribution in [0.1, 0.15) is 20.8 Å². The third kappa shape index (κ3) is 3.38. The van der Waals surface area contributed by atoms with Crippen LogP contribution in [0.15, 0.2) is 48.0 Å². The number of rotatable bonds is 5. The minimum Gasteiger partial charge on any atom is -0.503 e. The first-order valence-corrected chi connectivity index (χ1v) is 7.05. The topological polar surface area (TPSA) is 52.6 Å². The highest BCUT2D eigenvalue weighted by atomic mass is 32.1. The fourth-order valence-corrected chi connectivity index (χ4v) is 2.66. The van der Waals surface area contributed by atoms with Crippen LogP contribution in [0.4, 0.5) is 0 Å². The number of carbonyl (C=O) groups is 2. The predicted octanol–water partition coefficient (Wildman–Crippen LogP) is 3.14. The van der Waals surface area contributed by atoms with Crippen molar-refractivity contribution in [1.29, 1.82) is 0 Å². The minimum absolute atomic E-state index is 0.0755. The van der Waals surface area contributed by atoms with Crippen LogP contribution >= 0.6 is 11.3 Å². The van der Waals surface area contributed by atoms with E-state index in [9.17, 15) is 9.59 Å². The first-order chi connectivity index (χ1) is 10.2. The van der Waals surface area contributed by atoms with Gasteiger partial charge < -0.3 is 9.47 Å². The molecule has 108 valence electrons. The van der Waals surface area contributed by atoms with Crippen molar-refractivity contribution in [3.63, 3.8) is 0 Å². The van der Waals surface area contributed by atoms with Crippen LogP contribution in [-0.2, 0) is 14.3 Å². The van der Waals surface area contributed by atoms with Crippen LogP contribution < -0.4 is 0 Å². The Morgan fingerprint density at radius 2 is 1.81 bits per heavy atom. The molecule has 0 aliphatic carbocycles. The standard InChI is InChI=1S/C16H14O4S/c1-19-9-13(16(18)20-2)12-8-14(21-10-12)15(17)11-6-4-3-5-7-11/h3-10H,1-2H3/b13-9+. The van der Waals surface area contributed by atoms with Gasteiger partial charge in [0.2, 0.25) is 5.78 Å². The first-order valence-electron chi connectivity index (χ1n) is 6.17. The maximum Gasteiger partial charge on any atom is 0.341 e. The van der Waals surface area contributed by atoms with Crippen LogP contribution in [0.2, 0.25) is 0 Å². The summed E-state index contributed by atoms with van der Waals surface area (Å²) >= 11 is 1.28. The molecule has 0 N–H and O–H groups in total. The van der Waals surface area contributed by atoms with Crippen molar-refractivity contribution in [3.8, 4) is 0 Å². The molecule has 0 atom stereocenters. The first kappa shape index (κ1) is 15.0. The van der Waals surface area contributed by atoms with Gasteiger partial charge in [-0.25, -0.2) is 4.79 Å². The van der Waals surface area contributed by atoms with Gasteiger partial charge in [0.1, 0.15) is 5.57 Å². The van der Waals surface area contributed by atoms with E-state index in [-0.39, 0.29) is 11.4 Å². The van der Waals surface area contributed by atoms with Crippen molar-refractivity contribution in [2.45, 2.75) is 0 Å². The van der Waals surface area contributed by atoms with Crippen molar-refractivity contribution in [2.75, 3.05) is 14.2 Å². The third-order valence-electron chi connectivity index (χ3n) is 2.81. The molecule has 0 bridgehead atoms. The lowest BCUT2D eigenvalue weighted by atomic mass is 10.1. The summed E-state index contributed by atoms with van der Waals surface area (Å²) in [5.74, 6) is -0.582. The zero-order valence-corrected chi connectivity index (χ0v) is 12.5. The second-order valence-corrected chi connectivity index (χ2v) is 5.06. The lowest BCUT2D eigenvalue weighted by molar-refractivity contribution is -0.133. The van der Waals surface area contributed by atoms with Crippen LogP contribution in [0.3, 0.4) is 0 Å². The van der Waals surface area contributed by atoms with Crippen LogP contribution in [-0.4, -0.2) is 26.0 Å². The average Bonchev–Trinajstić information content (AvgIpc) is 3.01. The van der Waals surface area contributed by atoms with Gasteiger partial charge in [0.15, 0.2) is 0 Å². The molecule has 1 aromatic heterocycles. The zero-order chi connectivity index (χ0) is 15.2. The fraction of sp³-hybridized carbons (Fsp3) is 0.125. The van der Waals surface area contributed by atoms with Crippen molar-refractivity contribution in [2.24, 2.45) is 0 Å². The Kier molecular flexibility index (Phi) is 4.90. The average molecular weight is 302 g/mol. The maximum atomic E-state index is 12.3. The number of ketones is 1. The molecule has 0 aliphatic heterocycles. The summed E-state index contributed by atoms with van der Waals surface area (Å²) in [7, 11) is 2.75. The highest BCUT2D eigenvalue weighted by molar-refractivity contribution is 7.12. The van der Waals surface area contributed by atoms with E-state index in [1.165, 1.54) is 31.8 Å². The minimum atomic E-state index is -0.506. The Bertz CT molecular complexity index is 671. The summed E-state index contributed by atoms with van der Waals surface area (Å²) in [5, 5.41) is 1.73. The van der Waals surface area contributed by atoms with Crippen molar-refractivity contribution >= 4 is 28.7 Å². The zero-order valence-electron chi connectivity index (χ0n) is 11.7. The van der Waals surface area contributed by atoms with Gasteiger partial charge in [-0.3, -0.25) is 4.79 Å². The van der Waals surface area contributed by atoms with Gasteiger partial charge in [-0.05, 0) is 11.4 Å². The largest absolute Gasteiger partial charge is 0.503 e. The molecule has 0 amide bonds. The Labute approximate surface area is 126 Å². The van der Waals surface area contributed by atoms with E-state index in [1.54, 1.807) is 23.6 Å². The molecule has 21 heavy (non-hydrogen) atoms. The number of esters is 1. The van der Waals surface area contributed by atoms with E-state index in [1.807, 2.05) is 18.2 Å². The summed E-state index contributed by atoms with van der Waals surface area (Å²) in [6, 6.07) is 10.7. The molecule has 1 aromatic carbocycles. The maximum absolute atomic E-state index is 12.3. The molecular formula is C16H14O4S. The molecule has 2 rings (SSSR count). The number of thiophene rings is 1. The molecule has 1 heterocycles. The van der Waals surface area contributed by atoms with E-state index in [0.717, 1.165) is 0 Å². The third-order valence-corrected chi connectivity index (χ3v) is 3.74. The second-order valence-electron chi connectivity index (χ2n) is 4.15. The molecule has 0 saturated carbocycles. The van der Waals surface area contributed by atoms with E-state index in [4.69, 9.17) is 9.47 Å². The van der Waals surface area contributed by atoms with E-state index < -0.39 is 5.97 Å². The number of methoxy groups -OCH3 is 2. The van der Waals surface area contributed by atoms with Gasteiger partial charge in [-0.1, -0.05) is 30.3 Å². The summed E-state index contributed by atoms with van der Waals surface area (Å²) in [4.78, 5) is 24.6. The predicted molar refractivity (Wildman–Crippen MR) is 81.2 cm³/mol. The van der Waals surface area contributed by atoms with Crippen molar-refractivity contribution < 1.29 is 19.1 Å². The van der Waals surface area contributed by atoms with Gasteiger partial charge in [-0.2, -0.15) is 0 Å². The number of hydrogen-bond acceptors (Lipinski definition) is 5. The summed E-state index contributed by atoms with van der Waals surface area (Å²) in [6.45, 7) is 0. The molecule has 4 nitrogen and oxygen atoms in total. The van der Waals surface area contributed by atoms with Crippen LogP contribution in [0, 0.1) is 0 Å². The summed E-state index contributed by atoms with van der Waals surface area (Å²) in [6.07, 6.45) is 1.31. The molecular weight excluding hydrogens is 288 g/mol. The summed E-state index contributed by atoms with van der Waals surface area (Å²) < 4.78 is 9.60. The van der Waals surface area contributed by atoms with Crippen LogP contribution in [0.25, 0.3) is 5.57 Å². The highest BCUT2D eigenvalue weighted by Gasteiger charge is 2.18. The number of hydrogen-bond donors (Lipinski definition) is 0. The van der Waals surface area contributed by atoms with E-state index in [2.05, 4.69) is 0 Å². The quantitative estimate of drug-likeness (QED) is 0.368. The number of carbonyl (C=O) groups excluding carboxylic acids is 2. The van der Waals surface area contributed by atoms with Gasteiger partial charge >= 0.3 is 5.97 Å². The highest BCUT2D eigenvalue weighted by Crippen LogP contribution is 2.25. The smallest absolute Gasteiger partial charge is 0.341 e. The van der Waals surface area contributed by atoms with E-state index in [0.29, 0.717) is 16.0 Å². The van der Waals surface area contributed by atoms with Gasteiger partial charge in [0.05, 0.1) is 25.4 Å². The molecule has 0 fully saturated rings. The Balaban J connectivity index is 2.31. The van der Waals surface area contributed by atoms with E-state index >= 15 is 0 Å². The normalized spacial score (nSPS) is 11.0.